The maximum absolute atomic E-state index is 6.24. The number of hydrogen-bond donors (Lipinski definition) is 1. The van der Waals surface area contributed by atoms with Crippen LogP contribution in [0.3, 0.4) is 0 Å². The third-order valence-electron chi connectivity index (χ3n) is 5.21. The lowest BCUT2D eigenvalue weighted by Gasteiger charge is -2.24. The summed E-state index contributed by atoms with van der Waals surface area (Å²) in [4.78, 5) is 13.4. The molecule has 0 saturated carbocycles. The lowest BCUT2D eigenvalue weighted by Crippen LogP contribution is -2.30. The molecule has 152 valence electrons. The molecule has 4 heterocycles. The fourth-order valence-electron chi connectivity index (χ4n) is 3.96. The van der Waals surface area contributed by atoms with E-state index in [9.17, 15) is 0 Å². The lowest BCUT2D eigenvalue weighted by molar-refractivity contribution is -0.193. The SMILES string of the molecule is CC1(C)O[C@@H]2[C@H](O1)[C@@H](CBr)O[C@H]2n1cnc2c(NCc3ccccc3)ncnc21. The molecule has 0 bridgehead atoms. The molecule has 8 nitrogen and oxygen atoms in total. The van der Waals surface area contributed by atoms with Crippen molar-refractivity contribution in [1.82, 2.24) is 19.5 Å². The summed E-state index contributed by atoms with van der Waals surface area (Å²) in [5, 5.41) is 4.02. The molecule has 1 N–H and O–H groups in total. The first-order valence-electron chi connectivity index (χ1n) is 9.58. The largest absolute Gasteiger partial charge is 0.364 e. The van der Waals surface area contributed by atoms with Crippen LogP contribution in [0.5, 0.6) is 0 Å². The summed E-state index contributed by atoms with van der Waals surface area (Å²) in [6, 6.07) is 10.2. The van der Waals surface area contributed by atoms with E-state index >= 15 is 0 Å². The molecule has 0 aliphatic carbocycles. The van der Waals surface area contributed by atoms with E-state index in [1.165, 1.54) is 11.9 Å². The molecule has 2 fully saturated rings. The van der Waals surface area contributed by atoms with Crippen molar-refractivity contribution in [2.24, 2.45) is 0 Å². The van der Waals surface area contributed by atoms with Crippen molar-refractivity contribution in [3.8, 4) is 0 Å². The van der Waals surface area contributed by atoms with Crippen LogP contribution in [0.2, 0.25) is 0 Å². The summed E-state index contributed by atoms with van der Waals surface area (Å²) < 4.78 is 20.4. The van der Waals surface area contributed by atoms with Crippen LogP contribution < -0.4 is 5.32 Å². The summed E-state index contributed by atoms with van der Waals surface area (Å²) in [5.41, 5.74) is 2.56. The van der Waals surface area contributed by atoms with E-state index < -0.39 is 5.79 Å². The summed E-state index contributed by atoms with van der Waals surface area (Å²) in [5.74, 6) is 0.0408. The van der Waals surface area contributed by atoms with E-state index in [-0.39, 0.29) is 24.5 Å². The number of ether oxygens (including phenoxy) is 3. The molecule has 5 rings (SSSR count). The van der Waals surface area contributed by atoms with Gasteiger partial charge in [0.2, 0.25) is 0 Å². The van der Waals surface area contributed by atoms with Crippen LogP contribution in [0, 0.1) is 0 Å². The Labute approximate surface area is 176 Å². The molecule has 29 heavy (non-hydrogen) atoms. The number of rotatable bonds is 5. The van der Waals surface area contributed by atoms with Gasteiger partial charge < -0.3 is 19.5 Å². The highest BCUT2D eigenvalue weighted by atomic mass is 79.9. The van der Waals surface area contributed by atoms with Gasteiger partial charge in [-0.05, 0) is 19.4 Å². The fourth-order valence-corrected chi connectivity index (χ4v) is 4.48. The van der Waals surface area contributed by atoms with E-state index in [4.69, 9.17) is 14.2 Å². The zero-order valence-electron chi connectivity index (χ0n) is 16.2. The Bertz CT molecular complexity index is 1010. The number of benzene rings is 1. The first kappa shape index (κ1) is 18.9. The Morgan fingerprint density at radius 3 is 2.69 bits per heavy atom. The van der Waals surface area contributed by atoms with Crippen molar-refractivity contribution < 1.29 is 14.2 Å². The Kier molecular flexibility index (Phi) is 4.78. The van der Waals surface area contributed by atoms with Crippen molar-refractivity contribution >= 4 is 32.9 Å². The molecule has 4 atom stereocenters. The Hall–Kier alpha value is -2.07. The fraction of sp³-hybridized carbons (Fsp3) is 0.450. The van der Waals surface area contributed by atoms with Crippen molar-refractivity contribution in [2.75, 3.05) is 10.6 Å². The standard InChI is InChI=1S/C20H22BrN5O3/c1-20(2)28-15-13(8-21)27-19(16(15)29-20)26-11-25-14-17(23-10-24-18(14)26)22-9-12-6-4-3-5-7-12/h3-7,10-11,13,15-16,19H,8-9H2,1-2H3,(H,22,23,24)/t13-,15-,16-,19-/m1/s1. The van der Waals surface area contributed by atoms with Crippen LogP contribution in [-0.2, 0) is 20.8 Å². The smallest absolute Gasteiger partial charge is 0.167 e. The number of nitrogens with one attached hydrogen (secondary N) is 1. The van der Waals surface area contributed by atoms with Gasteiger partial charge in [0, 0.05) is 11.9 Å². The van der Waals surface area contributed by atoms with Gasteiger partial charge in [0.1, 0.15) is 18.5 Å². The van der Waals surface area contributed by atoms with Crippen molar-refractivity contribution in [2.45, 2.75) is 50.7 Å². The molecule has 3 aromatic rings. The number of hydrogen-bond acceptors (Lipinski definition) is 7. The van der Waals surface area contributed by atoms with Crippen LogP contribution in [0.25, 0.3) is 11.2 Å². The van der Waals surface area contributed by atoms with Crippen LogP contribution in [0.1, 0.15) is 25.6 Å². The number of anilines is 1. The van der Waals surface area contributed by atoms with E-state index in [0.717, 1.165) is 0 Å². The molecule has 0 radical (unpaired) electrons. The Morgan fingerprint density at radius 1 is 1.10 bits per heavy atom. The molecule has 2 aliphatic heterocycles. The van der Waals surface area contributed by atoms with Gasteiger partial charge >= 0.3 is 0 Å². The van der Waals surface area contributed by atoms with Crippen LogP contribution >= 0.6 is 15.9 Å². The van der Waals surface area contributed by atoms with E-state index in [1.54, 1.807) is 6.33 Å². The highest BCUT2D eigenvalue weighted by Gasteiger charge is 2.55. The molecule has 0 spiro atoms. The topological polar surface area (TPSA) is 83.3 Å². The van der Waals surface area contributed by atoms with Gasteiger partial charge in [-0.25, -0.2) is 15.0 Å². The van der Waals surface area contributed by atoms with Gasteiger partial charge in [-0.3, -0.25) is 4.57 Å². The van der Waals surface area contributed by atoms with Crippen LogP contribution in [0.4, 0.5) is 5.82 Å². The minimum atomic E-state index is -0.647. The average Bonchev–Trinajstić information content (AvgIpc) is 3.37. The highest BCUT2D eigenvalue weighted by molar-refractivity contribution is 9.09. The molecule has 0 amide bonds. The predicted octanol–water partition coefficient (Wildman–Crippen LogP) is 3.25. The quantitative estimate of drug-likeness (QED) is 0.586. The van der Waals surface area contributed by atoms with Crippen molar-refractivity contribution in [1.29, 1.82) is 0 Å². The molecular formula is C20H22BrN5O3. The lowest BCUT2D eigenvalue weighted by atomic mass is 10.1. The summed E-state index contributed by atoms with van der Waals surface area (Å²) >= 11 is 3.52. The average molecular weight is 460 g/mol. The van der Waals surface area contributed by atoms with E-state index in [1.807, 2.05) is 36.6 Å². The predicted molar refractivity (Wildman–Crippen MR) is 111 cm³/mol. The molecule has 1 aromatic carbocycles. The highest BCUT2D eigenvalue weighted by Crippen LogP contribution is 2.44. The second kappa shape index (κ2) is 7.32. The number of nitrogens with zero attached hydrogens (tertiary/aromatic N) is 4. The number of fused-ring (bicyclic) bond motifs is 2. The number of aromatic nitrogens is 4. The Morgan fingerprint density at radius 2 is 1.90 bits per heavy atom. The van der Waals surface area contributed by atoms with Crippen molar-refractivity contribution in [3.05, 3.63) is 48.5 Å². The molecule has 2 saturated heterocycles. The summed E-state index contributed by atoms with van der Waals surface area (Å²) in [6.07, 6.45) is 2.41. The van der Waals surface area contributed by atoms with Gasteiger partial charge in [0.25, 0.3) is 0 Å². The number of imidazole rings is 1. The summed E-state index contributed by atoms with van der Waals surface area (Å²) in [6.45, 7) is 4.50. The number of halogens is 1. The van der Waals surface area contributed by atoms with Gasteiger partial charge in [-0.15, -0.1) is 0 Å². The first-order valence-corrected chi connectivity index (χ1v) is 10.7. The second-order valence-electron chi connectivity index (χ2n) is 7.67. The van der Waals surface area contributed by atoms with E-state index in [0.29, 0.717) is 28.9 Å². The number of alkyl halides is 1. The molecular weight excluding hydrogens is 438 g/mol. The van der Waals surface area contributed by atoms with Crippen LogP contribution in [0.15, 0.2) is 43.0 Å². The van der Waals surface area contributed by atoms with Gasteiger partial charge in [0.05, 0.1) is 12.4 Å². The zero-order chi connectivity index (χ0) is 20.0. The Balaban J connectivity index is 1.44. The second-order valence-corrected chi connectivity index (χ2v) is 8.32. The third kappa shape index (κ3) is 3.42. The maximum atomic E-state index is 6.24. The van der Waals surface area contributed by atoms with Gasteiger partial charge in [-0.2, -0.15) is 0 Å². The normalized spacial score (nSPS) is 28.0. The van der Waals surface area contributed by atoms with E-state index in [2.05, 4.69) is 48.3 Å². The van der Waals surface area contributed by atoms with Gasteiger partial charge in [0.15, 0.2) is 29.0 Å². The maximum Gasteiger partial charge on any atom is 0.167 e. The van der Waals surface area contributed by atoms with Crippen LogP contribution in [-0.4, -0.2) is 48.9 Å². The summed E-state index contributed by atoms with van der Waals surface area (Å²) in [7, 11) is 0. The molecule has 9 heteroatoms. The minimum Gasteiger partial charge on any atom is -0.364 e. The molecule has 0 unspecified atom stereocenters. The monoisotopic (exact) mass is 459 g/mol. The first-order chi connectivity index (χ1) is 14.1. The third-order valence-corrected chi connectivity index (χ3v) is 5.85. The van der Waals surface area contributed by atoms with Crippen molar-refractivity contribution in [3.63, 3.8) is 0 Å². The zero-order valence-corrected chi connectivity index (χ0v) is 17.7. The molecule has 2 aromatic heterocycles. The molecule has 2 aliphatic rings. The minimum absolute atomic E-state index is 0.110. The van der Waals surface area contributed by atoms with Gasteiger partial charge in [-0.1, -0.05) is 46.3 Å².